The summed E-state index contributed by atoms with van der Waals surface area (Å²) >= 11 is 5.84. The Bertz CT molecular complexity index is 1060. The number of nitrogens with two attached hydrogens (primary N) is 1. The molecule has 11 heteroatoms. The van der Waals surface area contributed by atoms with E-state index in [2.05, 4.69) is 5.16 Å². The Morgan fingerprint density at radius 3 is 2.61 bits per heavy atom. The number of carboxylic acids is 1. The first-order valence-electron chi connectivity index (χ1n) is 9.95. The molecule has 10 nitrogen and oxygen atoms in total. The molecular formula is C22H22ClN3O7. The van der Waals surface area contributed by atoms with Crippen LogP contribution in [-0.4, -0.2) is 56.9 Å². The van der Waals surface area contributed by atoms with Crippen LogP contribution >= 0.6 is 11.6 Å². The minimum atomic E-state index is -1.29. The number of benzene rings is 2. The van der Waals surface area contributed by atoms with Crippen LogP contribution in [0, 0.1) is 0 Å². The van der Waals surface area contributed by atoms with Crippen molar-refractivity contribution in [2.75, 3.05) is 6.54 Å². The van der Waals surface area contributed by atoms with E-state index in [1.165, 1.54) is 12.1 Å². The number of carbonyl (C=O) groups excluding carboxylic acids is 2. The number of carbonyl (C=O) groups is 3. The average molecular weight is 476 g/mol. The van der Waals surface area contributed by atoms with Gasteiger partial charge in [0.2, 0.25) is 0 Å². The van der Waals surface area contributed by atoms with Crippen molar-refractivity contribution in [3.05, 3.63) is 65.2 Å². The van der Waals surface area contributed by atoms with Gasteiger partial charge in [0.15, 0.2) is 6.10 Å². The molecule has 0 fully saturated rings. The minimum Gasteiger partial charge on any atom is -0.508 e. The number of ether oxygens (including phenoxy) is 1. The fourth-order valence-corrected chi connectivity index (χ4v) is 3.36. The monoisotopic (exact) mass is 475 g/mol. The van der Waals surface area contributed by atoms with Crippen LogP contribution in [0.3, 0.4) is 0 Å². The Balaban J connectivity index is 1.86. The van der Waals surface area contributed by atoms with Crippen molar-refractivity contribution in [3.8, 4) is 5.75 Å². The number of nitrogens with zero attached hydrogens (tertiary/aromatic N) is 2. The van der Waals surface area contributed by atoms with Crippen LogP contribution < -0.4 is 5.73 Å². The number of phenols is 1. The van der Waals surface area contributed by atoms with Crippen molar-refractivity contribution >= 4 is 34.7 Å². The molecule has 0 saturated carbocycles. The molecule has 2 atom stereocenters. The fourth-order valence-electron chi connectivity index (χ4n) is 3.14. The second-order valence-electron chi connectivity index (χ2n) is 7.35. The van der Waals surface area contributed by atoms with Gasteiger partial charge in [-0.05, 0) is 29.7 Å². The number of hydrogen-bond donors (Lipinski definition) is 3. The summed E-state index contributed by atoms with van der Waals surface area (Å²) in [6, 6.07) is 11.4. The van der Waals surface area contributed by atoms with E-state index in [4.69, 9.17) is 32.0 Å². The molecule has 1 aliphatic rings. The third-order valence-electron chi connectivity index (χ3n) is 4.83. The van der Waals surface area contributed by atoms with Crippen molar-refractivity contribution in [1.82, 2.24) is 4.90 Å². The summed E-state index contributed by atoms with van der Waals surface area (Å²) in [6.45, 7) is -0.310. The third-order valence-corrected chi connectivity index (χ3v) is 5.06. The average Bonchev–Trinajstić information content (AvgIpc) is 3.21. The number of rotatable bonds is 8. The van der Waals surface area contributed by atoms with Gasteiger partial charge < -0.3 is 25.5 Å². The number of hydrogen-bond acceptors (Lipinski definition) is 8. The molecule has 33 heavy (non-hydrogen) atoms. The van der Waals surface area contributed by atoms with Crippen molar-refractivity contribution in [2.24, 2.45) is 10.9 Å². The second kappa shape index (κ2) is 10.8. The molecule has 1 heterocycles. The number of halogens is 1. The number of imide groups is 1. The SMILES string of the molecule is N[C@@H](Cc1ccc(O)cc1C(=O)N(CC1CC(Cl)=NO1)C(=O)OCc1ccccc1)C(=O)O. The van der Waals surface area contributed by atoms with Gasteiger partial charge in [-0.3, -0.25) is 9.59 Å². The van der Waals surface area contributed by atoms with E-state index < -0.39 is 30.1 Å². The van der Waals surface area contributed by atoms with Crippen LogP contribution in [0.5, 0.6) is 5.75 Å². The molecule has 4 N–H and O–H groups in total. The lowest BCUT2D eigenvalue weighted by molar-refractivity contribution is -0.138. The lowest BCUT2D eigenvalue weighted by Crippen LogP contribution is -2.43. The highest BCUT2D eigenvalue weighted by Crippen LogP contribution is 2.22. The Labute approximate surface area is 194 Å². The first kappa shape index (κ1) is 24.0. The van der Waals surface area contributed by atoms with E-state index >= 15 is 0 Å². The molecule has 2 aromatic rings. The molecule has 2 aromatic carbocycles. The van der Waals surface area contributed by atoms with E-state index in [1.807, 2.05) is 6.07 Å². The van der Waals surface area contributed by atoms with Gasteiger partial charge in [-0.2, -0.15) is 0 Å². The lowest BCUT2D eigenvalue weighted by Gasteiger charge is -2.24. The lowest BCUT2D eigenvalue weighted by atomic mass is 9.99. The summed E-state index contributed by atoms with van der Waals surface area (Å²) < 4.78 is 5.32. The van der Waals surface area contributed by atoms with E-state index in [1.54, 1.807) is 24.3 Å². The van der Waals surface area contributed by atoms with Crippen LogP contribution in [-0.2, 0) is 27.4 Å². The van der Waals surface area contributed by atoms with Gasteiger partial charge in [-0.1, -0.05) is 53.2 Å². The number of phenolic OH excluding ortho intramolecular Hbond substituents is 1. The number of aliphatic carboxylic acids is 1. The van der Waals surface area contributed by atoms with Crippen LogP contribution in [0.4, 0.5) is 4.79 Å². The molecule has 0 aliphatic carbocycles. The van der Waals surface area contributed by atoms with Crippen molar-refractivity contribution in [2.45, 2.75) is 31.6 Å². The Hall–Kier alpha value is -3.63. The molecule has 174 valence electrons. The predicted octanol–water partition coefficient (Wildman–Crippen LogP) is 2.47. The summed E-state index contributed by atoms with van der Waals surface area (Å²) in [5.74, 6) is -2.32. The smallest absolute Gasteiger partial charge is 0.417 e. The summed E-state index contributed by atoms with van der Waals surface area (Å²) in [5, 5.41) is 22.9. The molecule has 1 unspecified atom stereocenters. The van der Waals surface area contributed by atoms with Gasteiger partial charge in [-0.15, -0.1) is 0 Å². The fraction of sp³-hybridized carbons (Fsp3) is 0.273. The minimum absolute atomic E-state index is 0.0803. The maximum atomic E-state index is 13.4. The quantitative estimate of drug-likeness (QED) is 0.526. The second-order valence-corrected chi connectivity index (χ2v) is 7.78. The highest BCUT2D eigenvalue weighted by Gasteiger charge is 2.32. The number of aromatic hydroxyl groups is 1. The summed E-state index contributed by atoms with van der Waals surface area (Å²) in [4.78, 5) is 43.4. The Morgan fingerprint density at radius 2 is 1.97 bits per heavy atom. The van der Waals surface area contributed by atoms with E-state index in [-0.39, 0.29) is 48.0 Å². The highest BCUT2D eigenvalue weighted by atomic mass is 35.5. The molecule has 0 spiro atoms. The highest BCUT2D eigenvalue weighted by molar-refractivity contribution is 6.65. The van der Waals surface area contributed by atoms with Gasteiger partial charge in [0, 0.05) is 12.0 Å². The van der Waals surface area contributed by atoms with E-state index in [9.17, 15) is 19.5 Å². The van der Waals surface area contributed by atoms with Gasteiger partial charge >= 0.3 is 12.1 Å². The van der Waals surface area contributed by atoms with E-state index in [0.717, 1.165) is 11.0 Å². The van der Waals surface area contributed by atoms with Gasteiger partial charge in [0.25, 0.3) is 5.91 Å². The number of carboxylic acid groups (broad SMARTS) is 1. The van der Waals surface area contributed by atoms with Gasteiger partial charge in [-0.25, -0.2) is 9.69 Å². The summed E-state index contributed by atoms with van der Waals surface area (Å²) in [7, 11) is 0. The summed E-state index contributed by atoms with van der Waals surface area (Å²) in [6.07, 6.45) is -1.65. The number of amides is 2. The largest absolute Gasteiger partial charge is 0.508 e. The zero-order valence-corrected chi connectivity index (χ0v) is 18.1. The first-order valence-corrected chi connectivity index (χ1v) is 10.3. The molecule has 0 radical (unpaired) electrons. The molecule has 0 bridgehead atoms. The maximum absolute atomic E-state index is 13.4. The third kappa shape index (κ3) is 6.43. The standard InChI is InChI=1S/C22H22ClN3O7/c23-19-10-16(33-25-19)11-26(22(31)32-12-13-4-2-1-3-5-13)20(28)17-9-15(27)7-6-14(17)8-18(24)21(29)30/h1-7,9,16,18,27H,8,10-12,24H2,(H,29,30)/t16?,18-/m0/s1. The molecule has 0 saturated heterocycles. The topological polar surface area (TPSA) is 152 Å². The number of oxime groups is 1. The van der Waals surface area contributed by atoms with Gasteiger partial charge in [0.1, 0.15) is 23.6 Å². The Kier molecular flexibility index (Phi) is 7.86. The normalized spacial score (nSPS) is 15.8. The van der Waals surface area contributed by atoms with Crippen LogP contribution in [0.25, 0.3) is 0 Å². The van der Waals surface area contributed by atoms with Crippen LogP contribution in [0.2, 0.25) is 0 Å². The molecule has 3 rings (SSSR count). The summed E-state index contributed by atoms with van der Waals surface area (Å²) in [5.41, 5.74) is 6.49. The van der Waals surface area contributed by atoms with Crippen molar-refractivity contribution in [3.63, 3.8) is 0 Å². The van der Waals surface area contributed by atoms with E-state index in [0.29, 0.717) is 5.56 Å². The maximum Gasteiger partial charge on any atom is 0.417 e. The molecule has 2 amide bonds. The molecule has 0 aromatic heterocycles. The van der Waals surface area contributed by atoms with Gasteiger partial charge in [0.05, 0.1) is 6.54 Å². The zero-order chi connectivity index (χ0) is 24.0. The Morgan fingerprint density at radius 1 is 1.24 bits per heavy atom. The molecule has 1 aliphatic heterocycles. The van der Waals surface area contributed by atoms with Crippen LogP contribution in [0.15, 0.2) is 53.7 Å². The zero-order valence-electron chi connectivity index (χ0n) is 17.4. The predicted molar refractivity (Wildman–Crippen MR) is 118 cm³/mol. The van der Waals surface area contributed by atoms with Crippen molar-refractivity contribution < 1.29 is 34.2 Å². The first-order chi connectivity index (χ1) is 15.7. The van der Waals surface area contributed by atoms with Crippen molar-refractivity contribution in [1.29, 1.82) is 0 Å². The molecular weight excluding hydrogens is 454 g/mol. The van der Waals surface area contributed by atoms with Crippen LogP contribution in [0.1, 0.15) is 27.9 Å².